The Labute approximate surface area is 111 Å². The molecule has 0 aliphatic heterocycles. The Hall–Kier alpha value is 0.320. The molecule has 0 bridgehead atoms. The Morgan fingerprint density at radius 3 is 2.20 bits per heavy atom. The maximum Gasteiger partial charge on any atom is 0.242 e. The lowest BCUT2D eigenvalue weighted by Crippen LogP contribution is -2.13. The van der Waals surface area contributed by atoms with E-state index in [1.54, 1.807) is 0 Å². The summed E-state index contributed by atoms with van der Waals surface area (Å²) in [6, 6.07) is 2.73. The Morgan fingerprint density at radius 1 is 1.13 bits per heavy atom. The SMILES string of the molecule is O=S(=O)(CBr)Nc1cc(Cl)c(Cl)cc1Cl. The predicted molar refractivity (Wildman–Crippen MR) is 67.8 cm³/mol. The van der Waals surface area contributed by atoms with Crippen LogP contribution in [0.5, 0.6) is 0 Å². The van der Waals surface area contributed by atoms with Crippen LogP contribution in [0.2, 0.25) is 15.1 Å². The average molecular weight is 353 g/mol. The van der Waals surface area contributed by atoms with Crippen LogP contribution in [0, 0.1) is 0 Å². The third-order valence-electron chi connectivity index (χ3n) is 1.42. The highest BCUT2D eigenvalue weighted by Gasteiger charge is 2.12. The van der Waals surface area contributed by atoms with Crippen molar-refractivity contribution in [2.45, 2.75) is 0 Å². The van der Waals surface area contributed by atoms with Crippen LogP contribution in [0.3, 0.4) is 0 Å². The molecule has 0 spiro atoms. The van der Waals surface area contributed by atoms with Crippen LogP contribution in [-0.4, -0.2) is 13.1 Å². The molecule has 0 radical (unpaired) electrons. The van der Waals surface area contributed by atoms with E-state index in [1.807, 2.05) is 0 Å². The molecular formula is C7H5BrCl3NO2S. The fourth-order valence-corrected chi connectivity index (χ4v) is 2.35. The number of hydrogen-bond acceptors (Lipinski definition) is 2. The van der Waals surface area contributed by atoms with Gasteiger partial charge in [0.2, 0.25) is 10.0 Å². The van der Waals surface area contributed by atoms with Gasteiger partial charge in [0.15, 0.2) is 0 Å². The van der Waals surface area contributed by atoms with Gasteiger partial charge in [-0.15, -0.1) is 0 Å². The second kappa shape index (κ2) is 5.10. The quantitative estimate of drug-likeness (QED) is 0.665. The van der Waals surface area contributed by atoms with E-state index in [2.05, 4.69) is 20.7 Å². The lowest BCUT2D eigenvalue weighted by molar-refractivity contribution is 0.606. The van der Waals surface area contributed by atoms with Crippen LogP contribution in [-0.2, 0) is 10.0 Å². The fourth-order valence-electron chi connectivity index (χ4n) is 0.796. The molecule has 1 N–H and O–H groups in total. The van der Waals surface area contributed by atoms with Crippen LogP contribution in [0.15, 0.2) is 12.1 Å². The van der Waals surface area contributed by atoms with Crippen molar-refractivity contribution in [3.8, 4) is 0 Å². The molecule has 0 aliphatic carbocycles. The van der Waals surface area contributed by atoms with Gasteiger partial charge in [-0.25, -0.2) is 8.42 Å². The summed E-state index contributed by atoms with van der Waals surface area (Å²) in [5.41, 5.74) is 0.200. The summed E-state index contributed by atoms with van der Waals surface area (Å²) in [7, 11) is -3.44. The smallest absolute Gasteiger partial charge is 0.242 e. The summed E-state index contributed by atoms with van der Waals surface area (Å²) in [4.78, 5) is 0. The first kappa shape index (κ1) is 13.4. The Kier molecular flexibility index (Phi) is 4.55. The first-order chi connectivity index (χ1) is 6.85. The molecule has 84 valence electrons. The van der Waals surface area contributed by atoms with Crippen molar-refractivity contribution in [2.24, 2.45) is 0 Å². The zero-order chi connectivity index (χ0) is 11.6. The summed E-state index contributed by atoms with van der Waals surface area (Å²) in [6.07, 6.45) is 0. The minimum absolute atomic E-state index is 0.189. The third kappa shape index (κ3) is 3.67. The lowest BCUT2D eigenvalue weighted by Gasteiger charge is -2.08. The number of sulfonamides is 1. The van der Waals surface area contributed by atoms with E-state index in [9.17, 15) is 8.42 Å². The largest absolute Gasteiger partial charge is 0.281 e. The van der Waals surface area contributed by atoms with Gasteiger partial charge in [0.25, 0.3) is 0 Å². The van der Waals surface area contributed by atoms with Gasteiger partial charge in [-0.1, -0.05) is 50.7 Å². The number of nitrogens with one attached hydrogen (secondary N) is 1. The highest BCUT2D eigenvalue weighted by molar-refractivity contribution is 9.10. The minimum Gasteiger partial charge on any atom is -0.281 e. The number of anilines is 1. The predicted octanol–water partition coefficient (Wildman–Crippen LogP) is 3.74. The van der Waals surface area contributed by atoms with Gasteiger partial charge < -0.3 is 0 Å². The van der Waals surface area contributed by atoms with Gasteiger partial charge >= 0.3 is 0 Å². The minimum atomic E-state index is -3.44. The van der Waals surface area contributed by atoms with Gasteiger partial charge in [0.1, 0.15) is 4.66 Å². The molecule has 0 atom stereocenters. The van der Waals surface area contributed by atoms with E-state index in [-0.39, 0.29) is 25.4 Å². The Morgan fingerprint density at radius 2 is 1.67 bits per heavy atom. The second-order valence-electron chi connectivity index (χ2n) is 2.57. The molecule has 15 heavy (non-hydrogen) atoms. The second-order valence-corrected chi connectivity index (χ2v) is 6.82. The molecule has 0 unspecified atom stereocenters. The van der Waals surface area contributed by atoms with Crippen LogP contribution < -0.4 is 4.72 Å². The zero-order valence-corrected chi connectivity index (χ0v) is 11.8. The molecule has 0 saturated heterocycles. The molecular weight excluding hydrogens is 348 g/mol. The van der Waals surface area contributed by atoms with Crippen molar-refractivity contribution in [3.63, 3.8) is 0 Å². The maximum absolute atomic E-state index is 11.2. The molecule has 0 aliphatic rings. The molecule has 3 nitrogen and oxygen atoms in total. The van der Waals surface area contributed by atoms with E-state index < -0.39 is 10.0 Å². The lowest BCUT2D eigenvalue weighted by atomic mass is 10.3. The van der Waals surface area contributed by atoms with Gasteiger partial charge in [0, 0.05) is 0 Å². The van der Waals surface area contributed by atoms with E-state index in [1.165, 1.54) is 12.1 Å². The molecule has 0 fully saturated rings. The van der Waals surface area contributed by atoms with E-state index in [0.717, 1.165) is 0 Å². The monoisotopic (exact) mass is 351 g/mol. The van der Waals surface area contributed by atoms with Crippen molar-refractivity contribution in [3.05, 3.63) is 27.2 Å². The summed E-state index contributed by atoms with van der Waals surface area (Å²) in [6.45, 7) is 0. The van der Waals surface area contributed by atoms with Crippen molar-refractivity contribution in [2.75, 3.05) is 9.38 Å². The molecule has 0 heterocycles. The first-order valence-electron chi connectivity index (χ1n) is 3.57. The molecule has 1 rings (SSSR count). The standard InChI is InChI=1S/C7H5BrCl3NO2S/c8-3-15(13,14)12-7-2-5(10)4(9)1-6(7)11/h1-2,12H,3H2. The van der Waals surface area contributed by atoms with Crippen LogP contribution in [0.1, 0.15) is 0 Å². The summed E-state index contributed by atoms with van der Waals surface area (Å²) in [5.74, 6) is 0. The molecule has 1 aromatic carbocycles. The normalized spacial score (nSPS) is 11.5. The van der Waals surface area contributed by atoms with Gasteiger partial charge in [-0.05, 0) is 12.1 Å². The van der Waals surface area contributed by atoms with E-state index >= 15 is 0 Å². The number of benzene rings is 1. The van der Waals surface area contributed by atoms with Crippen molar-refractivity contribution in [1.29, 1.82) is 0 Å². The molecule has 8 heteroatoms. The topological polar surface area (TPSA) is 46.2 Å². The van der Waals surface area contributed by atoms with Gasteiger partial charge in [-0.3, -0.25) is 4.72 Å². The Balaban J connectivity index is 3.12. The van der Waals surface area contributed by atoms with Crippen LogP contribution >= 0.6 is 50.7 Å². The summed E-state index contributed by atoms with van der Waals surface area (Å²) >= 11 is 20.0. The highest BCUT2D eigenvalue weighted by atomic mass is 79.9. The fraction of sp³-hybridized carbons (Fsp3) is 0.143. The Bertz CT molecular complexity index is 477. The summed E-state index contributed by atoms with van der Waals surface area (Å²) in [5, 5.41) is 0.686. The first-order valence-corrected chi connectivity index (χ1v) is 7.47. The van der Waals surface area contributed by atoms with E-state index in [0.29, 0.717) is 0 Å². The maximum atomic E-state index is 11.2. The highest BCUT2D eigenvalue weighted by Crippen LogP contribution is 2.32. The van der Waals surface area contributed by atoms with Crippen LogP contribution in [0.25, 0.3) is 0 Å². The zero-order valence-electron chi connectivity index (χ0n) is 7.10. The summed E-state index contributed by atoms with van der Waals surface area (Å²) < 4.78 is 24.5. The molecule has 0 amide bonds. The number of alkyl halides is 1. The molecule has 0 saturated carbocycles. The molecule has 1 aromatic rings. The van der Waals surface area contributed by atoms with Crippen LogP contribution in [0.4, 0.5) is 5.69 Å². The van der Waals surface area contributed by atoms with Gasteiger partial charge in [-0.2, -0.15) is 0 Å². The average Bonchev–Trinajstić information content (AvgIpc) is 2.14. The molecule has 0 aromatic heterocycles. The van der Waals surface area contributed by atoms with Crippen molar-refractivity contribution >= 4 is 66.4 Å². The number of halogens is 4. The van der Waals surface area contributed by atoms with Gasteiger partial charge in [0.05, 0.1) is 20.8 Å². The third-order valence-corrected chi connectivity index (χ3v) is 5.08. The number of rotatable bonds is 3. The van der Waals surface area contributed by atoms with Crippen molar-refractivity contribution in [1.82, 2.24) is 0 Å². The number of hydrogen-bond donors (Lipinski definition) is 1. The van der Waals surface area contributed by atoms with E-state index in [4.69, 9.17) is 34.8 Å². The van der Waals surface area contributed by atoms with Crippen molar-refractivity contribution < 1.29 is 8.42 Å².